The molecule has 0 aromatic heterocycles. The number of alkyl halides is 2. The lowest BCUT2D eigenvalue weighted by atomic mass is 10.1. The molecule has 11 heavy (non-hydrogen) atoms. The van der Waals surface area contributed by atoms with Crippen molar-refractivity contribution in [2.75, 3.05) is 0 Å². The van der Waals surface area contributed by atoms with E-state index in [4.69, 9.17) is 5.11 Å². The zero-order valence-electron chi connectivity index (χ0n) is 6.55. The molecule has 0 spiro atoms. The molecule has 4 heteroatoms. The fourth-order valence-corrected chi connectivity index (χ4v) is 1.91. The van der Waals surface area contributed by atoms with E-state index < -0.39 is 10.8 Å². The lowest BCUT2D eigenvalue weighted by Crippen LogP contribution is -2.24. The van der Waals surface area contributed by atoms with Crippen molar-refractivity contribution in [1.82, 2.24) is 0 Å². The molecule has 0 radical (unpaired) electrons. The molecule has 0 aromatic rings. The van der Waals surface area contributed by atoms with Crippen LogP contribution >= 0.6 is 31.9 Å². The number of aliphatic carboxylic acids is 1. The smallest absolute Gasteiger partial charge is 0.318 e. The van der Waals surface area contributed by atoms with E-state index in [9.17, 15) is 4.79 Å². The SMILES string of the molecule is CC(C)CC(Br)C(Br)C(=O)O. The summed E-state index contributed by atoms with van der Waals surface area (Å²) in [5, 5.41) is 8.59. The van der Waals surface area contributed by atoms with Gasteiger partial charge >= 0.3 is 5.97 Å². The molecule has 0 heterocycles. The molecule has 0 amide bonds. The molecule has 0 saturated carbocycles. The molecular formula is C7H12Br2O2. The normalized spacial score (nSPS) is 16.5. The Morgan fingerprint density at radius 2 is 1.91 bits per heavy atom. The van der Waals surface area contributed by atoms with Gasteiger partial charge in [0.2, 0.25) is 0 Å². The number of hydrogen-bond acceptors (Lipinski definition) is 1. The van der Waals surface area contributed by atoms with Crippen LogP contribution in [-0.2, 0) is 4.79 Å². The van der Waals surface area contributed by atoms with Crippen LogP contribution in [0.2, 0.25) is 0 Å². The van der Waals surface area contributed by atoms with Crippen molar-refractivity contribution in [2.45, 2.75) is 29.9 Å². The first-order valence-electron chi connectivity index (χ1n) is 3.46. The van der Waals surface area contributed by atoms with Crippen LogP contribution in [-0.4, -0.2) is 20.7 Å². The number of carboxylic acids is 1. The Bertz CT molecular complexity index is 136. The highest BCUT2D eigenvalue weighted by atomic mass is 79.9. The number of rotatable bonds is 4. The van der Waals surface area contributed by atoms with Gasteiger partial charge in [-0.25, -0.2) is 0 Å². The Morgan fingerprint density at radius 3 is 2.18 bits per heavy atom. The zero-order chi connectivity index (χ0) is 9.02. The van der Waals surface area contributed by atoms with Gasteiger partial charge in [0.15, 0.2) is 0 Å². The fraction of sp³-hybridized carbons (Fsp3) is 0.857. The standard InChI is InChI=1S/C7H12Br2O2/c1-4(2)3-5(8)6(9)7(10)11/h4-6H,3H2,1-2H3,(H,10,11). The van der Waals surface area contributed by atoms with Gasteiger partial charge < -0.3 is 5.11 Å². The largest absolute Gasteiger partial charge is 0.480 e. The third-order valence-electron chi connectivity index (χ3n) is 1.25. The molecule has 0 fully saturated rings. The zero-order valence-corrected chi connectivity index (χ0v) is 9.72. The first-order chi connectivity index (χ1) is 4.95. The Labute approximate surface area is 83.6 Å². The molecule has 0 bridgehead atoms. The Morgan fingerprint density at radius 1 is 1.45 bits per heavy atom. The predicted octanol–water partition coefficient (Wildman–Crippen LogP) is 2.64. The van der Waals surface area contributed by atoms with Gasteiger partial charge in [0.25, 0.3) is 0 Å². The van der Waals surface area contributed by atoms with E-state index in [2.05, 4.69) is 45.7 Å². The Kier molecular flexibility index (Phi) is 5.34. The molecule has 0 aliphatic heterocycles. The monoisotopic (exact) mass is 286 g/mol. The van der Waals surface area contributed by atoms with Gasteiger partial charge in [-0.05, 0) is 12.3 Å². The first-order valence-corrected chi connectivity index (χ1v) is 5.29. The molecule has 0 aromatic carbocycles. The van der Waals surface area contributed by atoms with Crippen molar-refractivity contribution in [2.24, 2.45) is 5.92 Å². The van der Waals surface area contributed by atoms with Crippen molar-refractivity contribution in [3.8, 4) is 0 Å². The van der Waals surface area contributed by atoms with Gasteiger partial charge in [-0.15, -0.1) is 0 Å². The summed E-state index contributed by atoms with van der Waals surface area (Å²) in [6, 6.07) is 0. The second-order valence-corrected chi connectivity index (χ2v) is 5.05. The third-order valence-corrected chi connectivity index (χ3v) is 3.89. The van der Waals surface area contributed by atoms with Crippen LogP contribution in [0.4, 0.5) is 0 Å². The summed E-state index contributed by atoms with van der Waals surface area (Å²) in [7, 11) is 0. The summed E-state index contributed by atoms with van der Waals surface area (Å²) >= 11 is 6.41. The highest BCUT2D eigenvalue weighted by Crippen LogP contribution is 2.21. The minimum Gasteiger partial charge on any atom is -0.480 e. The van der Waals surface area contributed by atoms with Crippen molar-refractivity contribution < 1.29 is 9.90 Å². The molecule has 2 nitrogen and oxygen atoms in total. The maximum absolute atomic E-state index is 10.4. The van der Waals surface area contributed by atoms with Gasteiger partial charge in [-0.2, -0.15) is 0 Å². The second kappa shape index (κ2) is 5.14. The molecule has 0 saturated heterocycles. The topological polar surface area (TPSA) is 37.3 Å². The van der Waals surface area contributed by atoms with E-state index in [0.717, 1.165) is 6.42 Å². The maximum Gasteiger partial charge on any atom is 0.318 e. The molecule has 2 unspecified atom stereocenters. The van der Waals surface area contributed by atoms with Crippen LogP contribution in [0, 0.1) is 5.92 Å². The third kappa shape index (κ3) is 4.80. The van der Waals surface area contributed by atoms with Crippen LogP contribution in [0.3, 0.4) is 0 Å². The number of hydrogen-bond donors (Lipinski definition) is 1. The van der Waals surface area contributed by atoms with E-state index >= 15 is 0 Å². The van der Waals surface area contributed by atoms with Crippen molar-refractivity contribution in [3.63, 3.8) is 0 Å². The van der Waals surface area contributed by atoms with E-state index in [1.807, 2.05) is 0 Å². The Hall–Kier alpha value is 0.430. The molecule has 0 rings (SSSR count). The molecule has 1 N–H and O–H groups in total. The first kappa shape index (κ1) is 11.4. The number of carbonyl (C=O) groups is 1. The molecular weight excluding hydrogens is 276 g/mol. The average molecular weight is 288 g/mol. The Balaban J connectivity index is 3.82. The van der Waals surface area contributed by atoms with E-state index in [1.54, 1.807) is 0 Å². The predicted molar refractivity (Wildman–Crippen MR) is 52.5 cm³/mol. The summed E-state index contributed by atoms with van der Waals surface area (Å²) in [5.41, 5.74) is 0. The summed E-state index contributed by atoms with van der Waals surface area (Å²) in [4.78, 5) is 9.98. The number of carboxylic acid groups (broad SMARTS) is 1. The van der Waals surface area contributed by atoms with Crippen LogP contribution in [0.1, 0.15) is 20.3 Å². The summed E-state index contributed by atoms with van der Waals surface area (Å²) in [5.74, 6) is -0.300. The van der Waals surface area contributed by atoms with E-state index in [-0.39, 0.29) is 4.83 Å². The van der Waals surface area contributed by atoms with Crippen LogP contribution < -0.4 is 0 Å². The average Bonchev–Trinajstić information content (AvgIpc) is 1.84. The second-order valence-electron chi connectivity index (χ2n) is 2.89. The lowest BCUT2D eigenvalue weighted by molar-refractivity contribution is -0.136. The summed E-state index contributed by atoms with van der Waals surface area (Å²) < 4.78 is 0. The fourth-order valence-electron chi connectivity index (χ4n) is 0.725. The molecule has 2 atom stereocenters. The lowest BCUT2D eigenvalue weighted by Gasteiger charge is -2.14. The van der Waals surface area contributed by atoms with Crippen molar-refractivity contribution in [1.29, 1.82) is 0 Å². The minimum absolute atomic E-state index is 0.0139. The quantitative estimate of drug-likeness (QED) is 0.807. The van der Waals surface area contributed by atoms with Crippen molar-refractivity contribution in [3.05, 3.63) is 0 Å². The molecule has 66 valence electrons. The van der Waals surface area contributed by atoms with Crippen LogP contribution in [0.5, 0.6) is 0 Å². The molecule has 0 aliphatic rings. The van der Waals surface area contributed by atoms with Crippen LogP contribution in [0.25, 0.3) is 0 Å². The van der Waals surface area contributed by atoms with Crippen LogP contribution in [0.15, 0.2) is 0 Å². The van der Waals surface area contributed by atoms with Crippen molar-refractivity contribution >= 4 is 37.8 Å². The summed E-state index contributed by atoms with van der Waals surface area (Å²) in [6.45, 7) is 4.13. The van der Waals surface area contributed by atoms with E-state index in [0.29, 0.717) is 5.92 Å². The van der Waals surface area contributed by atoms with E-state index in [1.165, 1.54) is 0 Å². The minimum atomic E-state index is -0.812. The maximum atomic E-state index is 10.4. The van der Waals surface area contributed by atoms with Gasteiger partial charge in [0.1, 0.15) is 4.83 Å². The number of halogens is 2. The summed E-state index contributed by atoms with van der Waals surface area (Å²) in [6.07, 6.45) is 0.863. The molecule has 0 aliphatic carbocycles. The highest BCUT2D eigenvalue weighted by molar-refractivity contribution is 9.12. The highest BCUT2D eigenvalue weighted by Gasteiger charge is 2.23. The van der Waals surface area contributed by atoms with Gasteiger partial charge in [0.05, 0.1) is 0 Å². The van der Waals surface area contributed by atoms with Gasteiger partial charge in [-0.3, -0.25) is 4.79 Å². The van der Waals surface area contributed by atoms with Gasteiger partial charge in [0, 0.05) is 4.83 Å². The van der Waals surface area contributed by atoms with Gasteiger partial charge in [-0.1, -0.05) is 45.7 Å².